The topological polar surface area (TPSA) is 47.6 Å². The maximum Gasteiger partial charge on any atom is 0.224 e. The van der Waals surface area contributed by atoms with E-state index < -0.39 is 0 Å². The molecular formula is C18H21NO3. The quantitative estimate of drug-likeness (QED) is 0.891. The third-order valence-electron chi connectivity index (χ3n) is 3.52. The van der Waals surface area contributed by atoms with Crippen LogP contribution >= 0.6 is 0 Å². The van der Waals surface area contributed by atoms with Gasteiger partial charge in [0.05, 0.1) is 26.7 Å². The molecule has 0 radical (unpaired) electrons. The molecule has 2 rings (SSSR count). The summed E-state index contributed by atoms with van der Waals surface area (Å²) in [6.07, 6.45) is 0.352. The monoisotopic (exact) mass is 299 g/mol. The molecule has 1 atom stereocenters. The number of hydrogen-bond acceptors (Lipinski definition) is 3. The van der Waals surface area contributed by atoms with Crippen LogP contribution < -0.4 is 14.8 Å². The second-order valence-electron chi connectivity index (χ2n) is 5.09. The molecule has 0 aliphatic rings. The van der Waals surface area contributed by atoms with Crippen molar-refractivity contribution in [2.75, 3.05) is 14.2 Å². The smallest absolute Gasteiger partial charge is 0.224 e. The number of methoxy groups -OCH3 is 2. The van der Waals surface area contributed by atoms with Crippen molar-refractivity contribution in [2.45, 2.75) is 19.4 Å². The molecule has 1 N–H and O–H groups in total. The lowest BCUT2D eigenvalue weighted by atomic mass is 10.1. The average molecular weight is 299 g/mol. The Morgan fingerprint density at radius 1 is 0.955 bits per heavy atom. The SMILES string of the molecule is COc1ccc(CC(=O)NC(C)c2ccc(OC)cc2)cc1. The molecule has 116 valence electrons. The molecule has 4 nitrogen and oxygen atoms in total. The first-order chi connectivity index (χ1) is 10.6. The minimum atomic E-state index is -0.0448. The van der Waals surface area contributed by atoms with E-state index in [-0.39, 0.29) is 11.9 Å². The van der Waals surface area contributed by atoms with Gasteiger partial charge in [0, 0.05) is 0 Å². The second-order valence-corrected chi connectivity index (χ2v) is 5.09. The highest BCUT2D eigenvalue weighted by molar-refractivity contribution is 5.79. The maximum absolute atomic E-state index is 12.1. The average Bonchev–Trinajstić information content (AvgIpc) is 2.55. The van der Waals surface area contributed by atoms with E-state index in [9.17, 15) is 4.79 Å². The second kappa shape index (κ2) is 7.50. The Morgan fingerprint density at radius 3 is 1.95 bits per heavy atom. The van der Waals surface area contributed by atoms with Crippen molar-refractivity contribution in [2.24, 2.45) is 0 Å². The van der Waals surface area contributed by atoms with E-state index in [2.05, 4.69) is 5.32 Å². The molecule has 0 heterocycles. The molecule has 2 aromatic carbocycles. The van der Waals surface area contributed by atoms with E-state index in [4.69, 9.17) is 9.47 Å². The lowest BCUT2D eigenvalue weighted by Gasteiger charge is -2.15. The van der Waals surface area contributed by atoms with Crippen LogP contribution in [0.25, 0.3) is 0 Å². The molecule has 0 bridgehead atoms. The van der Waals surface area contributed by atoms with Crippen LogP contribution in [0, 0.1) is 0 Å². The van der Waals surface area contributed by atoms with Gasteiger partial charge in [-0.2, -0.15) is 0 Å². The van der Waals surface area contributed by atoms with E-state index in [1.807, 2.05) is 55.5 Å². The molecule has 22 heavy (non-hydrogen) atoms. The lowest BCUT2D eigenvalue weighted by molar-refractivity contribution is -0.121. The number of hydrogen-bond donors (Lipinski definition) is 1. The van der Waals surface area contributed by atoms with Gasteiger partial charge in [-0.05, 0) is 42.3 Å². The minimum absolute atomic E-state index is 0.00603. The van der Waals surface area contributed by atoms with Crippen LogP contribution in [0.5, 0.6) is 11.5 Å². The number of carbonyl (C=O) groups excluding carboxylic acids is 1. The van der Waals surface area contributed by atoms with Gasteiger partial charge < -0.3 is 14.8 Å². The van der Waals surface area contributed by atoms with Crippen molar-refractivity contribution in [1.29, 1.82) is 0 Å². The fourth-order valence-electron chi connectivity index (χ4n) is 2.20. The number of rotatable bonds is 6. The fraction of sp³-hybridized carbons (Fsp3) is 0.278. The summed E-state index contributed by atoms with van der Waals surface area (Å²) in [5.41, 5.74) is 2.00. The molecular weight excluding hydrogens is 278 g/mol. The summed E-state index contributed by atoms with van der Waals surface area (Å²) in [4.78, 5) is 12.1. The first kappa shape index (κ1) is 15.9. The highest BCUT2D eigenvalue weighted by Gasteiger charge is 2.10. The van der Waals surface area contributed by atoms with Gasteiger partial charge in [0.25, 0.3) is 0 Å². The molecule has 0 saturated carbocycles. The van der Waals surface area contributed by atoms with Crippen molar-refractivity contribution >= 4 is 5.91 Å². The van der Waals surface area contributed by atoms with Gasteiger partial charge in [0.1, 0.15) is 11.5 Å². The van der Waals surface area contributed by atoms with Crippen molar-refractivity contribution < 1.29 is 14.3 Å². The van der Waals surface area contributed by atoms with Crippen LogP contribution in [0.2, 0.25) is 0 Å². The van der Waals surface area contributed by atoms with E-state index in [0.29, 0.717) is 6.42 Å². The summed E-state index contributed by atoms with van der Waals surface area (Å²) in [5.74, 6) is 1.59. The first-order valence-electron chi connectivity index (χ1n) is 7.18. The zero-order valence-corrected chi connectivity index (χ0v) is 13.1. The van der Waals surface area contributed by atoms with Gasteiger partial charge in [-0.1, -0.05) is 24.3 Å². The van der Waals surface area contributed by atoms with Crippen LogP contribution in [0.15, 0.2) is 48.5 Å². The Labute approximate surface area is 131 Å². The minimum Gasteiger partial charge on any atom is -0.497 e. The predicted octanol–water partition coefficient (Wildman–Crippen LogP) is 3.12. The van der Waals surface area contributed by atoms with E-state index in [0.717, 1.165) is 22.6 Å². The van der Waals surface area contributed by atoms with Crippen LogP contribution in [0.1, 0.15) is 24.1 Å². The molecule has 0 fully saturated rings. The standard InChI is InChI=1S/C18H21NO3/c1-13(15-6-10-17(22-3)11-7-15)19-18(20)12-14-4-8-16(21-2)9-5-14/h4-11,13H,12H2,1-3H3,(H,19,20). The molecule has 2 aromatic rings. The summed E-state index contributed by atoms with van der Waals surface area (Å²) in [6, 6.07) is 15.2. The van der Waals surface area contributed by atoms with Crippen molar-refractivity contribution in [3.63, 3.8) is 0 Å². The van der Waals surface area contributed by atoms with Crippen LogP contribution in [0.4, 0.5) is 0 Å². The van der Waals surface area contributed by atoms with Crippen molar-refractivity contribution in [1.82, 2.24) is 5.32 Å². The van der Waals surface area contributed by atoms with Gasteiger partial charge in [-0.25, -0.2) is 0 Å². The number of carbonyl (C=O) groups is 1. The number of nitrogens with one attached hydrogen (secondary N) is 1. The van der Waals surface area contributed by atoms with Crippen molar-refractivity contribution in [3.8, 4) is 11.5 Å². The van der Waals surface area contributed by atoms with Crippen LogP contribution in [-0.2, 0) is 11.2 Å². The van der Waals surface area contributed by atoms with Gasteiger partial charge in [0.15, 0.2) is 0 Å². The summed E-state index contributed by atoms with van der Waals surface area (Å²) >= 11 is 0. The number of benzene rings is 2. The Bertz CT molecular complexity index is 605. The Balaban J connectivity index is 1.92. The van der Waals surface area contributed by atoms with Gasteiger partial charge in [-0.3, -0.25) is 4.79 Å². The number of amides is 1. The molecule has 0 aromatic heterocycles. The molecule has 1 amide bonds. The Hall–Kier alpha value is -2.49. The van der Waals surface area contributed by atoms with Crippen molar-refractivity contribution in [3.05, 3.63) is 59.7 Å². The number of ether oxygens (including phenoxy) is 2. The van der Waals surface area contributed by atoms with Gasteiger partial charge in [-0.15, -0.1) is 0 Å². The maximum atomic E-state index is 12.1. The normalized spacial score (nSPS) is 11.6. The third-order valence-corrected chi connectivity index (χ3v) is 3.52. The Morgan fingerprint density at radius 2 is 1.45 bits per heavy atom. The highest BCUT2D eigenvalue weighted by Crippen LogP contribution is 2.17. The predicted molar refractivity (Wildman–Crippen MR) is 86.2 cm³/mol. The summed E-state index contributed by atoms with van der Waals surface area (Å²) in [5, 5.41) is 3.00. The van der Waals surface area contributed by atoms with E-state index >= 15 is 0 Å². The fourth-order valence-corrected chi connectivity index (χ4v) is 2.20. The molecule has 0 aliphatic heterocycles. The highest BCUT2D eigenvalue weighted by atomic mass is 16.5. The Kier molecular flexibility index (Phi) is 5.42. The van der Waals surface area contributed by atoms with Gasteiger partial charge >= 0.3 is 0 Å². The molecule has 1 unspecified atom stereocenters. The molecule has 0 saturated heterocycles. The molecule has 0 aliphatic carbocycles. The lowest BCUT2D eigenvalue weighted by Crippen LogP contribution is -2.28. The van der Waals surface area contributed by atoms with E-state index in [1.165, 1.54) is 0 Å². The summed E-state index contributed by atoms with van der Waals surface area (Å²) in [6.45, 7) is 1.97. The molecule has 0 spiro atoms. The summed E-state index contributed by atoms with van der Waals surface area (Å²) in [7, 11) is 3.26. The first-order valence-corrected chi connectivity index (χ1v) is 7.18. The van der Waals surface area contributed by atoms with Crippen LogP contribution in [-0.4, -0.2) is 20.1 Å². The molecule has 4 heteroatoms. The summed E-state index contributed by atoms with van der Waals surface area (Å²) < 4.78 is 10.2. The van der Waals surface area contributed by atoms with Gasteiger partial charge in [0.2, 0.25) is 5.91 Å². The zero-order chi connectivity index (χ0) is 15.9. The van der Waals surface area contributed by atoms with Crippen LogP contribution in [0.3, 0.4) is 0 Å². The zero-order valence-electron chi connectivity index (χ0n) is 13.1. The largest absolute Gasteiger partial charge is 0.497 e. The van der Waals surface area contributed by atoms with E-state index in [1.54, 1.807) is 14.2 Å². The third kappa shape index (κ3) is 4.25.